The topological polar surface area (TPSA) is 62.3 Å². The largest absolute Gasteiger partial charge is 0.322 e. The molecule has 0 saturated heterocycles. The zero-order valence-corrected chi connectivity index (χ0v) is 16.6. The zero-order valence-electron chi connectivity index (χ0n) is 16.6. The second-order valence-electron chi connectivity index (χ2n) is 7.49. The highest BCUT2D eigenvalue weighted by Gasteiger charge is 2.26. The smallest absolute Gasteiger partial charge is 0.259 e. The van der Waals surface area contributed by atoms with Crippen molar-refractivity contribution in [2.45, 2.75) is 26.2 Å². The quantitative estimate of drug-likeness (QED) is 0.710. The molecule has 1 aliphatic heterocycles. The molecule has 0 aliphatic carbocycles. The van der Waals surface area contributed by atoms with Gasteiger partial charge in [0.25, 0.3) is 11.8 Å². The van der Waals surface area contributed by atoms with Gasteiger partial charge in [-0.1, -0.05) is 50.2 Å². The van der Waals surface area contributed by atoms with E-state index >= 15 is 0 Å². The Morgan fingerprint density at radius 2 is 1.72 bits per heavy atom. The van der Waals surface area contributed by atoms with Gasteiger partial charge in [0, 0.05) is 30.3 Å². The van der Waals surface area contributed by atoms with E-state index in [1.807, 2.05) is 48.5 Å². The van der Waals surface area contributed by atoms with Gasteiger partial charge >= 0.3 is 0 Å². The fourth-order valence-electron chi connectivity index (χ4n) is 3.69. The van der Waals surface area contributed by atoms with E-state index in [0.29, 0.717) is 17.7 Å². The Morgan fingerprint density at radius 3 is 2.55 bits per heavy atom. The van der Waals surface area contributed by atoms with Crippen LogP contribution in [0.25, 0.3) is 0 Å². The average molecular weight is 385 g/mol. The van der Waals surface area contributed by atoms with Crippen molar-refractivity contribution in [3.63, 3.8) is 0 Å². The number of amides is 2. The summed E-state index contributed by atoms with van der Waals surface area (Å²) in [5, 5.41) is 2.96. The SMILES string of the molecule is CC(C)c1ccccc1NC(=O)c1cncc(C(=O)N2CCc3ccccc32)c1. The van der Waals surface area contributed by atoms with E-state index in [1.54, 1.807) is 11.0 Å². The lowest BCUT2D eigenvalue weighted by Crippen LogP contribution is -2.29. The van der Waals surface area contributed by atoms with Crippen molar-refractivity contribution < 1.29 is 9.59 Å². The van der Waals surface area contributed by atoms with Gasteiger partial charge < -0.3 is 10.2 Å². The molecule has 5 heteroatoms. The van der Waals surface area contributed by atoms with E-state index in [9.17, 15) is 9.59 Å². The van der Waals surface area contributed by atoms with Crippen molar-refractivity contribution in [3.8, 4) is 0 Å². The number of para-hydroxylation sites is 2. The number of nitrogens with zero attached hydrogens (tertiary/aromatic N) is 2. The Morgan fingerprint density at radius 1 is 1.00 bits per heavy atom. The number of hydrogen-bond acceptors (Lipinski definition) is 3. The van der Waals surface area contributed by atoms with Crippen molar-refractivity contribution in [3.05, 3.63) is 89.2 Å². The second kappa shape index (κ2) is 7.87. The minimum Gasteiger partial charge on any atom is -0.322 e. The Hall–Kier alpha value is -3.47. The molecule has 4 rings (SSSR count). The first-order chi connectivity index (χ1) is 14.0. The van der Waals surface area contributed by atoms with Crippen LogP contribution in [0.2, 0.25) is 0 Å². The molecule has 1 aliphatic rings. The summed E-state index contributed by atoms with van der Waals surface area (Å²) < 4.78 is 0. The highest BCUT2D eigenvalue weighted by Crippen LogP contribution is 2.29. The Kier molecular flexibility index (Phi) is 5.12. The molecule has 0 saturated carbocycles. The van der Waals surface area contributed by atoms with Crippen LogP contribution in [0.1, 0.15) is 51.6 Å². The molecule has 146 valence electrons. The first-order valence-corrected chi connectivity index (χ1v) is 9.79. The van der Waals surface area contributed by atoms with Gasteiger partial charge in [0.1, 0.15) is 0 Å². The summed E-state index contributed by atoms with van der Waals surface area (Å²) in [6, 6.07) is 17.3. The lowest BCUT2D eigenvalue weighted by Gasteiger charge is -2.17. The molecule has 1 N–H and O–H groups in total. The molecule has 0 atom stereocenters. The highest BCUT2D eigenvalue weighted by molar-refractivity contribution is 6.10. The molecule has 2 amide bonds. The number of nitrogens with one attached hydrogen (secondary N) is 1. The van der Waals surface area contributed by atoms with E-state index in [2.05, 4.69) is 24.1 Å². The average Bonchev–Trinajstić information content (AvgIpc) is 3.17. The molecule has 3 aromatic rings. The molecular formula is C24H23N3O2. The molecule has 1 aromatic heterocycles. The van der Waals surface area contributed by atoms with Crippen LogP contribution in [-0.4, -0.2) is 23.3 Å². The van der Waals surface area contributed by atoms with Gasteiger partial charge in [-0.05, 0) is 41.7 Å². The number of benzene rings is 2. The number of anilines is 2. The number of carbonyl (C=O) groups excluding carboxylic acids is 2. The first kappa shape index (κ1) is 18.9. The molecule has 5 nitrogen and oxygen atoms in total. The van der Waals surface area contributed by atoms with Crippen molar-refractivity contribution in [1.29, 1.82) is 0 Å². The Balaban J connectivity index is 1.57. The first-order valence-electron chi connectivity index (χ1n) is 9.79. The second-order valence-corrected chi connectivity index (χ2v) is 7.49. The summed E-state index contributed by atoms with van der Waals surface area (Å²) >= 11 is 0. The van der Waals surface area contributed by atoms with Crippen molar-refractivity contribution in [2.75, 3.05) is 16.8 Å². The van der Waals surface area contributed by atoms with Crippen molar-refractivity contribution in [2.24, 2.45) is 0 Å². The molecular weight excluding hydrogens is 362 g/mol. The number of aromatic nitrogens is 1. The van der Waals surface area contributed by atoms with Gasteiger partial charge in [-0.3, -0.25) is 14.6 Å². The van der Waals surface area contributed by atoms with Crippen LogP contribution in [0, 0.1) is 0 Å². The maximum atomic E-state index is 13.0. The van der Waals surface area contributed by atoms with E-state index in [1.165, 1.54) is 12.4 Å². The maximum Gasteiger partial charge on any atom is 0.259 e. The number of fused-ring (bicyclic) bond motifs is 1. The monoisotopic (exact) mass is 385 g/mol. The van der Waals surface area contributed by atoms with Gasteiger partial charge in [0.2, 0.25) is 0 Å². The number of hydrogen-bond donors (Lipinski definition) is 1. The van der Waals surface area contributed by atoms with Crippen LogP contribution >= 0.6 is 0 Å². The minimum absolute atomic E-state index is 0.139. The molecule has 0 bridgehead atoms. The van der Waals surface area contributed by atoms with E-state index in [-0.39, 0.29) is 17.7 Å². The van der Waals surface area contributed by atoms with Crippen molar-refractivity contribution >= 4 is 23.2 Å². The van der Waals surface area contributed by atoms with Crippen molar-refractivity contribution in [1.82, 2.24) is 4.98 Å². The third-order valence-corrected chi connectivity index (χ3v) is 5.21. The van der Waals surface area contributed by atoms with Gasteiger partial charge in [-0.25, -0.2) is 0 Å². The van der Waals surface area contributed by atoms with Crippen LogP contribution in [0.4, 0.5) is 11.4 Å². The highest BCUT2D eigenvalue weighted by atomic mass is 16.2. The third kappa shape index (κ3) is 3.76. The van der Waals surface area contributed by atoms with Crippen LogP contribution < -0.4 is 10.2 Å². The minimum atomic E-state index is -0.276. The Bertz CT molecular complexity index is 1070. The van der Waals surface area contributed by atoms with Gasteiger partial charge in [0.15, 0.2) is 0 Å². The third-order valence-electron chi connectivity index (χ3n) is 5.21. The number of rotatable bonds is 4. The normalized spacial score (nSPS) is 12.7. The molecule has 29 heavy (non-hydrogen) atoms. The lowest BCUT2D eigenvalue weighted by molar-refractivity contribution is 0.0989. The van der Waals surface area contributed by atoms with E-state index in [4.69, 9.17) is 0 Å². The van der Waals surface area contributed by atoms with Gasteiger partial charge in [0.05, 0.1) is 11.1 Å². The summed E-state index contributed by atoms with van der Waals surface area (Å²) in [6.45, 7) is 4.80. The fourth-order valence-corrected chi connectivity index (χ4v) is 3.69. The molecule has 2 aromatic carbocycles. The number of pyridine rings is 1. The zero-order chi connectivity index (χ0) is 20.4. The van der Waals surface area contributed by atoms with Crippen LogP contribution in [0.5, 0.6) is 0 Å². The summed E-state index contributed by atoms with van der Waals surface area (Å²) in [6.07, 6.45) is 3.84. The standard InChI is InChI=1S/C24H23N3O2/c1-16(2)20-8-4-5-9-21(20)26-23(28)18-13-19(15-25-14-18)24(29)27-12-11-17-7-3-6-10-22(17)27/h3-10,13-16H,11-12H2,1-2H3,(H,26,28). The molecule has 0 unspecified atom stereocenters. The van der Waals surface area contributed by atoms with E-state index < -0.39 is 0 Å². The fraction of sp³-hybridized carbons (Fsp3) is 0.208. The van der Waals surface area contributed by atoms with Gasteiger partial charge in [-0.2, -0.15) is 0 Å². The van der Waals surface area contributed by atoms with Gasteiger partial charge in [-0.15, -0.1) is 0 Å². The lowest BCUT2D eigenvalue weighted by atomic mass is 10.0. The summed E-state index contributed by atoms with van der Waals surface area (Å²) in [4.78, 5) is 31.7. The summed E-state index contributed by atoms with van der Waals surface area (Å²) in [5.74, 6) is -0.130. The summed E-state index contributed by atoms with van der Waals surface area (Å²) in [5.41, 5.74) is 4.70. The van der Waals surface area contributed by atoms with Crippen LogP contribution in [0.15, 0.2) is 67.0 Å². The predicted octanol–water partition coefficient (Wildman–Crippen LogP) is 4.66. The Labute approximate surface area is 170 Å². The maximum absolute atomic E-state index is 13.0. The molecule has 0 radical (unpaired) electrons. The predicted molar refractivity (Wildman–Crippen MR) is 115 cm³/mol. The van der Waals surface area contributed by atoms with Crippen LogP contribution in [-0.2, 0) is 6.42 Å². The number of carbonyl (C=O) groups is 2. The molecule has 0 fully saturated rings. The molecule has 0 spiro atoms. The summed E-state index contributed by atoms with van der Waals surface area (Å²) in [7, 11) is 0. The molecule has 2 heterocycles. The van der Waals surface area contributed by atoms with Crippen LogP contribution in [0.3, 0.4) is 0 Å². The van der Waals surface area contributed by atoms with E-state index in [0.717, 1.165) is 28.9 Å².